The van der Waals surface area contributed by atoms with Crippen LogP contribution in [0.4, 0.5) is 0 Å². The van der Waals surface area contributed by atoms with Gasteiger partial charge in [0.05, 0.1) is 24.7 Å². The van der Waals surface area contributed by atoms with Gasteiger partial charge in [0.1, 0.15) is 61.0 Å². The summed E-state index contributed by atoms with van der Waals surface area (Å²) in [4.78, 5) is 25.9. The molecular weight excluding hydrogens is 852 g/mol. The third-order valence-corrected chi connectivity index (χ3v) is 18.9. The Morgan fingerprint density at radius 3 is 2.02 bits per heavy atom. The first kappa shape index (κ1) is 49.5. The van der Waals surface area contributed by atoms with Crippen LogP contribution < -0.4 is 0 Å². The molecule has 0 aromatic carbocycles. The van der Waals surface area contributed by atoms with Gasteiger partial charge in [-0.15, -0.1) is 0 Å². The van der Waals surface area contributed by atoms with Gasteiger partial charge >= 0.3 is 11.9 Å². The highest BCUT2D eigenvalue weighted by atomic mass is 16.8. The molecule has 3 unspecified atom stereocenters. The van der Waals surface area contributed by atoms with Crippen molar-refractivity contribution >= 4 is 11.9 Å². The van der Waals surface area contributed by atoms with E-state index in [1.807, 2.05) is 0 Å². The largest absolute Gasteiger partial charge is 0.481 e. The SMILES string of the molecule is CC1(C)CC[C@]2(C(=O)O)CC[C@]3(C)C(=CCC4[C@@]5(C)CC[C@H](O[C@@H]6O[C@H](C(=O)O)[C@@H](O)[C@H](O[C@@H]7O[C@H](CO)[C@H](O)[C@H](O)[C@H]7O)[C@H]6O[C@@H]6OC[C@@H](O)[C@H](O)[C@H]6O)C(C)(C)C5CC[C@]43C)C2C1. The Morgan fingerprint density at radius 1 is 0.692 bits per heavy atom. The first-order valence-electron chi connectivity index (χ1n) is 23.7. The van der Waals surface area contributed by atoms with Crippen LogP contribution >= 0.6 is 0 Å². The van der Waals surface area contributed by atoms with Crippen LogP contribution in [0, 0.1) is 50.2 Å². The number of aliphatic hydroxyl groups excluding tert-OH is 8. The fourth-order valence-corrected chi connectivity index (χ4v) is 14.8. The van der Waals surface area contributed by atoms with Crippen molar-refractivity contribution in [2.45, 2.75) is 205 Å². The maximum atomic E-state index is 13.2. The molecule has 5 aliphatic carbocycles. The Morgan fingerprint density at radius 2 is 1.35 bits per heavy atom. The number of rotatable bonds is 9. The second-order valence-corrected chi connectivity index (χ2v) is 23.1. The van der Waals surface area contributed by atoms with Gasteiger partial charge in [0, 0.05) is 0 Å². The van der Waals surface area contributed by atoms with Crippen molar-refractivity contribution in [1.82, 2.24) is 0 Å². The molecule has 3 heterocycles. The van der Waals surface area contributed by atoms with Crippen molar-refractivity contribution in [2.75, 3.05) is 13.2 Å². The fraction of sp³-hybridized carbons (Fsp3) is 0.915. The lowest BCUT2D eigenvalue weighted by atomic mass is 9.33. The molecule has 3 aliphatic heterocycles. The van der Waals surface area contributed by atoms with Crippen molar-refractivity contribution in [1.29, 1.82) is 0 Å². The molecule has 0 bridgehead atoms. The minimum atomic E-state index is -2.06. The van der Waals surface area contributed by atoms with Crippen LogP contribution in [0.25, 0.3) is 0 Å². The van der Waals surface area contributed by atoms with Crippen molar-refractivity contribution in [2.24, 2.45) is 50.2 Å². The average Bonchev–Trinajstić information content (AvgIpc) is 3.23. The van der Waals surface area contributed by atoms with Crippen LogP contribution in [0.2, 0.25) is 0 Å². The smallest absolute Gasteiger partial charge is 0.335 e. The van der Waals surface area contributed by atoms with Crippen molar-refractivity contribution in [3.8, 4) is 0 Å². The van der Waals surface area contributed by atoms with Crippen LogP contribution in [0.3, 0.4) is 0 Å². The zero-order chi connectivity index (χ0) is 47.6. The Hall–Kier alpha value is -1.88. The molecule has 18 nitrogen and oxygen atoms in total. The molecule has 0 radical (unpaired) electrons. The lowest BCUT2D eigenvalue weighted by Gasteiger charge is -2.71. The Labute approximate surface area is 380 Å². The van der Waals surface area contributed by atoms with Gasteiger partial charge in [-0.3, -0.25) is 4.79 Å². The van der Waals surface area contributed by atoms with Gasteiger partial charge in [0.25, 0.3) is 0 Å². The Bertz CT molecular complexity index is 1820. The first-order chi connectivity index (χ1) is 30.3. The molecule has 8 rings (SSSR count). The third-order valence-electron chi connectivity index (χ3n) is 18.9. The summed E-state index contributed by atoms with van der Waals surface area (Å²) in [7, 11) is 0. The van der Waals surface area contributed by atoms with Gasteiger partial charge in [-0.05, 0) is 109 Å². The van der Waals surface area contributed by atoms with Gasteiger partial charge in [-0.2, -0.15) is 0 Å². The molecule has 0 amide bonds. The minimum Gasteiger partial charge on any atom is -0.481 e. The van der Waals surface area contributed by atoms with Crippen molar-refractivity contribution in [3.63, 3.8) is 0 Å². The monoisotopic (exact) mass is 926 g/mol. The van der Waals surface area contributed by atoms with E-state index in [2.05, 4.69) is 54.5 Å². The van der Waals surface area contributed by atoms with E-state index in [1.165, 1.54) is 5.57 Å². The summed E-state index contributed by atoms with van der Waals surface area (Å²) in [6.45, 7) is 14.7. The van der Waals surface area contributed by atoms with Crippen LogP contribution in [0.15, 0.2) is 11.6 Å². The number of ether oxygens (including phenoxy) is 6. The molecule has 18 heteroatoms. The highest BCUT2D eigenvalue weighted by molar-refractivity contribution is 5.76. The van der Waals surface area contributed by atoms with Gasteiger partial charge in [0.15, 0.2) is 25.0 Å². The summed E-state index contributed by atoms with van der Waals surface area (Å²) in [5.41, 5.74) is -0.471. The molecule has 0 aromatic rings. The number of allylic oxidation sites excluding steroid dienone is 2. The summed E-state index contributed by atoms with van der Waals surface area (Å²) in [6.07, 6.45) is -15.3. The Kier molecular flexibility index (Phi) is 13.1. The number of aliphatic hydroxyl groups is 8. The summed E-state index contributed by atoms with van der Waals surface area (Å²) in [6, 6.07) is 0. The molecule has 8 aliphatic rings. The van der Waals surface area contributed by atoms with Gasteiger partial charge in [-0.25, -0.2) is 4.79 Å². The maximum absolute atomic E-state index is 13.2. The molecular formula is C47H74O18. The topological polar surface area (TPSA) is 292 Å². The van der Waals surface area contributed by atoms with Crippen molar-refractivity contribution < 1.29 is 89.1 Å². The van der Waals surface area contributed by atoms with E-state index in [9.17, 15) is 60.7 Å². The number of hydrogen-bond donors (Lipinski definition) is 10. The van der Waals surface area contributed by atoms with E-state index in [1.54, 1.807) is 0 Å². The minimum absolute atomic E-state index is 0.0212. The normalized spacial score (nSPS) is 52.8. The lowest BCUT2D eigenvalue weighted by molar-refractivity contribution is -0.391. The molecule has 7 fully saturated rings. The zero-order valence-electron chi connectivity index (χ0n) is 38.7. The highest BCUT2D eigenvalue weighted by Gasteiger charge is 2.70. The van der Waals surface area contributed by atoms with E-state index in [-0.39, 0.29) is 39.4 Å². The second kappa shape index (κ2) is 17.2. The molecule has 65 heavy (non-hydrogen) atoms. The van der Waals surface area contributed by atoms with E-state index < -0.39 is 128 Å². The predicted octanol–water partition coefficient (Wildman–Crippen LogP) is 1.44. The third kappa shape index (κ3) is 7.76. The molecule has 4 saturated carbocycles. The van der Waals surface area contributed by atoms with E-state index in [0.717, 1.165) is 44.9 Å². The summed E-state index contributed by atoms with van der Waals surface area (Å²) < 4.78 is 36.3. The maximum Gasteiger partial charge on any atom is 0.335 e. The lowest BCUT2D eigenvalue weighted by Crippen LogP contribution is -2.68. The highest BCUT2D eigenvalue weighted by Crippen LogP contribution is 2.76. The number of aliphatic carboxylic acids is 2. The first-order valence-corrected chi connectivity index (χ1v) is 23.7. The molecule has 22 atom stereocenters. The number of carboxylic acids is 2. The van der Waals surface area contributed by atoms with Crippen molar-refractivity contribution in [3.05, 3.63) is 11.6 Å². The predicted molar refractivity (Wildman–Crippen MR) is 225 cm³/mol. The number of carbonyl (C=O) groups is 2. The standard InChI is InChI=1S/C47H74O18/c1-42(2)14-16-47(41(58)59)17-15-45(6)21(22(47)18-42)8-9-26-44(5)12-11-27(43(3,4)25(44)10-13-46(26,45)7)62-40-36(65-38-31(53)28(50)23(49)20-60-38)34(33(55)35(64-40)37(56)57)63-39-32(54)30(52)29(51)24(19-48)61-39/h8,22-36,38-40,48-55H,9-20H2,1-7H3,(H,56,57)(H,58,59)/t22?,23-,24-,25?,26?,27+,28+,29+,30+,31-,32-,33+,34+,35+,36-,38+,39+,40-,44+,45-,46-,47+/m1/s1. The van der Waals surface area contributed by atoms with Gasteiger partial charge in [-0.1, -0.05) is 60.1 Å². The molecule has 370 valence electrons. The molecule has 3 saturated heterocycles. The summed E-state index contributed by atoms with van der Waals surface area (Å²) in [5.74, 6) is -1.95. The Balaban J connectivity index is 1.10. The zero-order valence-corrected chi connectivity index (χ0v) is 38.7. The number of carboxylic acid groups (broad SMARTS) is 2. The number of hydrogen-bond acceptors (Lipinski definition) is 16. The fourth-order valence-electron chi connectivity index (χ4n) is 14.8. The van der Waals surface area contributed by atoms with Gasteiger partial charge in [0.2, 0.25) is 0 Å². The van der Waals surface area contributed by atoms with Crippen LogP contribution in [0.5, 0.6) is 0 Å². The summed E-state index contributed by atoms with van der Waals surface area (Å²) in [5, 5.41) is 106. The van der Waals surface area contributed by atoms with E-state index >= 15 is 0 Å². The van der Waals surface area contributed by atoms with Crippen LogP contribution in [-0.2, 0) is 38.0 Å². The number of fused-ring (bicyclic) bond motifs is 7. The molecule has 10 N–H and O–H groups in total. The molecule has 0 aromatic heterocycles. The molecule has 0 spiro atoms. The van der Waals surface area contributed by atoms with Crippen LogP contribution in [0.1, 0.15) is 113 Å². The van der Waals surface area contributed by atoms with E-state index in [4.69, 9.17) is 28.4 Å². The average molecular weight is 927 g/mol. The van der Waals surface area contributed by atoms with Gasteiger partial charge < -0.3 is 79.5 Å². The van der Waals surface area contributed by atoms with Crippen LogP contribution in [-0.4, -0.2) is 168 Å². The summed E-state index contributed by atoms with van der Waals surface area (Å²) >= 11 is 0. The quantitative estimate of drug-likeness (QED) is 0.116. The second-order valence-electron chi connectivity index (χ2n) is 23.1. The van der Waals surface area contributed by atoms with E-state index in [0.29, 0.717) is 19.3 Å².